The number of hydrogen-bond acceptors (Lipinski definition) is 9. The van der Waals surface area contributed by atoms with Crippen LogP contribution in [0.4, 0.5) is 0 Å². The lowest BCUT2D eigenvalue weighted by Gasteiger charge is -2.59. The number of nitrogens with zero attached hydrogens (tertiary/aromatic N) is 1. The van der Waals surface area contributed by atoms with Crippen molar-refractivity contribution in [1.29, 1.82) is 0 Å². The van der Waals surface area contributed by atoms with Gasteiger partial charge in [0.05, 0.1) is 18.3 Å². The van der Waals surface area contributed by atoms with E-state index in [1.807, 2.05) is 0 Å². The normalized spacial score (nSPS) is 57.9. The van der Waals surface area contributed by atoms with Gasteiger partial charge in [-0.1, -0.05) is 13.8 Å². The van der Waals surface area contributed by atoms with Crippen LogP contribution in [0.25, 0.3) is 0 Å². The Morgan fingerprint density at radius 1 is 0.905 bits per heavy atom. The van der Waals surface area contributed by atoms with Gasteiger partial charge in [-0.3, -0.25) is 9.69 Å². The van der Waals surface area contributed by atoms with Crippen molar-refractivity contribution < 1.29 is 39.8 Å². The summed E-state index contributed by atoms with van der Waals surface area (Å²) < 4.78 is 11.8. The van der Waals surface area contributed by atoms with E-state index < -0.39 is 42.9 Å². The summed E-state index contributed by atoms with van der Waals surface area (Å²) in [5.41, 5.74) is -0.745. The number of fused-ring (bicyclic) bond motifs is 8. The summed E-state index contributed by atoms with van der Waals surface area (Å²) >= 11 is 0. The second-order valence-electron chi connectivity index (χ2n) is 16.0. The molecule has 9 nitrogen and oxygen atoms in total. The highest BCUT2D eigenvalue weighted by Gasteiger charge is 2.64. The number of hydrogen-bond donors (Lipinski definition) is 5. The molecule has 5 N–H and O–H groups in total. The molecule has 7 rings (SSSR count). The van der Waals surface area contributed by atoms with Crippen molar-refractivity contribution >= 4 is 5.78 Å². The van der Waals surface area contributed by atoms with Gasteiger partial charge in [0.2, 0.25) is 0 Å². The monoisotopic (exact) mass is 591 g/mol. The van der Waals surface area contributed by atoms with Crippen molar-refractivity contribution in [3.8, 4) is 0 Å². The number of carbonyl (C=O) groups excluding carboxylic acids is 1. The van der Waals surface area contributed by atoms with Crippen molar-refractivity contribution in [3.63, 3.8) is 0 Å². The van der Waals surface area contributed by atoms with E-state index in [2.05, 4.69) is 25.7 Å². The maximum Gasteiger partial charge on any atom is 0.186 e. The molecule has 0 amide bonds. The molecule has 4 saturated carbocycles. The zero-order valence-electron chi connectivity index (χ0n) is 25.6. The molecule has 7 aliphatic rings. The average molecular weight is 592 g/mol. The number of Topliss-reactive ketones (excluding diaryl/α,β-unsaturated/α-hetero) is 1. The molecule has 238 valence electrons. The molecule has 7 fully saturated rings. The number of carbonyl (C=O) groups is 1. The van der Waals surface area contributed by atoms with Crippen LogP contribution >= 0.6 is 0 Å². The first-order valence-corrected chi connectivity index (χ1v) is 16.9. The molecule has 4 aliphatic carbocycles. The highest BCUT2D eigenvalue weighted by Crippen LogP contribution is 2.66. The Morgan fingerprint density at radius 3 is 2.45 bits per heavy atom. The third-order valence-corrected chi connectivity index (χ3v) is 14.0. The molecule has 3 unspecified atom stereocenters. The molecule has 17 atom stereocenters. The minimum absolute atomic E-state index is 0.0958. The molecule has 0 spiro atoms. The highest BCUT2D eigenvalue weighted by atomic mass is 16.7. The fraction of sp³-hybridized carbons (Fsp3) is 0.970. The van der Waals surface area contributed by atoms with E-state index in [9.17, 15) is 30.3 Å². The lowest BCUT2D eigenvalue weighted by molar-refractivity contribution is -0.315. The van der Waals surface area contributed by atoms with Crippen LogP contribution in [0.1, 0.15) is 78.6 Å². The largest absolute Gasteiger partial charge is 0.394 e. The molecule has 42 heavy (non-hydrogen) atoms. The summed E-state index contributed by atoms with van der Waals surface area (Å²) in [4.78, 5) is 16.5. The molecular formula is C33H53NO8. The molecule has 0 aromatic rings. The van der Waals surface area contributed by atoms with Crippen molar-refractivity contribution in [3.05, 3.63) is 0 Å². The van der Waals surface area contributed by atoms with Crippen molar-refractivity contribution in [2.75, 3.05) is 19.7 Å². The van der Waals surface area contributed by atoms with E-state index in [1.165, 1.54) is 6.42 Å². The van der Waals surface area contributed by atoms with Crippen LogP contribution in [0.2, 0.25) is 0 Å². The van der Waals surface area contributed by atoms with E-state index in [0.717, 1.165) is 51.6 Å². The van der Waals surface area contributed by atoms with Crippen LogP contribution in [0.3, 0.4) is 0 Å². The number of ketones is 1. The molecule has 0 bridgehead atoms. The minimum atomic E-state index is -1.47. The second-order valence-corrected chi connectivity index (χ2v) is 16.0. The standard InChI is InChI=1S/C33H53NO8/c1-16-4-7-27-33(3,40)22-6-5-18-19(21(22)14-34(27)13-16)11-23-20(18)12-25(36)24-10-17(8-9-32(23,24)2)41-31-30(39)29(38)28(37)26(15-35)42-31/h16-24,26-31,35,37-40H,4-15H2,1-3H3/t16-,17+,18+,19+,20?,21?,22+,23-,24+,26+,27-,28+,29-,30+,31?,32+,33-/m0/s1. The molecule has 3 aliphatic heterocycles. The zero-order valence-corrected chi connectivity index (χ0v) is 25.6. The fourth-order valence-corrected chi connectivity index (χ4v) is 11.8. The topological polar surface area (TPSA) is 140 Å². The molecule has 9 heteroatoms. The predicted octanol–water partition coefficient (Wildman–Crippen LogP) is 1.71. The fourth-order valence-electron chi connectivity index (χ4n) is 11.8. The van der Waals surface area contributed by atoms with E-state index in [4.69, 9.17) is 9.47 Å². The van der Waals surface area contributed by atoms with Crippen molar-refractivity contribution in [2.45, 2.75) is 127 Å². The van der Waals surface area contributed by atoms with Gasteiger partial charge in [0, 0.05) is 31.5 Å². The Balaban J connectivity index is 1.07. The number of aliphatic hydroxyl groups is 5. The first-order valence-electron chi connectivity index (χ1n) is 16.9. The first kappa shape index (κ1) is 30.0. The van der Waals surface area contributed by atoms with E-state index in [0.29, 0.717) is 60.1 Å². The van der Waals surface area contributed by atoms with Gasteiger partial charge in [-0.2, -0.15) is 0 Å². The average Bonchev–Trinajstić information content (AvgIpc) is 3.33. The summed E-state index contributed by atoms with van der Waals surface area (Å²) in [7, 11) is 0. The van der Waals surface area contributed by atoms with Gasteiger partial charge in [0.15, 0.2) is 6.29 Å². The lowest BCUT2D eigenvalue weighted by atomic mass is 9.51. The number of piperidine rings is 2. The summed E-state index contributed by atoms with van der Waals surface area (Å²) in [6.07, 6.45) is 1.67. The van der Waals surface area contributed by atoms with Crippen LogP contribution in [0, 0.1) is 52.8 Å². The first-order chi connectivity index (χ1) is 19.9. The Kier molecular flexibility index (Phi) is 7.66. The van der Waals surface area contributed by atoms with Gasteiger partial charge in [0.25, 0.3) is 0 Å². The van der Waals surface area contributed by atoms with Gasteiger partial charge in [0.1, 0.15) is 30.2 Å². The van der Waals surface area contributed by atoms with Crippen LogP contribution < -0.4 is 0 Å². The Labute approximate surface area is 249 Å². The molecule has 0 aromatic heterocycles. The van der Waals surface area contributed by atoms with Crippen LogP contribution in [0.5, 0.6) is 0 Å². The van der Waals surface area contributed by atoms with E-state index in [-0.39, 0.29) is 23.5 Å². The summed E-state index contributed by atoms with van der Waals surface area (Å²) in [6, 6.07) is 0.276. The lowest BCUT2D eigenvalue weighted by Crippen LogP contribution is -2.67. The van der Waals surface area contributed by atoms with Gasteiger partial charge in [-0.05, 0) is 105 Å². The summed E-state index contributed by atoms with van der Waals surface area (Å²) in [5, 5.41) is 52.4. The third-order valence-electron chi connectivity index (χ3n) is 14.0. The van der Waals surface area contributed by atoms with Gasteiger partial charge < -0.3 is 35.0 Å². The van der Waals surface area contributed by atoms with E-state index in [1.54, 1.807) is 0 Å². The smallest absolute Gasteiger partial charge is 0.186 e. The molecule has 0 radical (unpaired) electrons. The highest BCUT2D eigenvalue weighted by molar-refractivity contribution is 5.83. The predicted molar refractivity (Wildman–Crippen MR) is 153 cm³/mol. The number of aliphatic hydroxyl groups excluding tert-OH is 4. The third kappa shape index (κ3) is 4.50. The van der Waals surface area contributed by atoms with Crippen LogP contribution in [0.15, 0.2) is 0 Å². The maximum atomic E-state index is 13.9. The Bertz CT molecular complexity index is 1040. The Morgan fingerprint density at radius 2 is 1.69 bits per heavy atom. The Hall–Kier alpha value is -0.650. The minimum Gasteiger partial charge on any atom is -0.394 e. The summed E-state index contributed by atoms with van der Waals surface area (Å²) in [5.74, 6) is 3.79. The molecular weight excluding hydrogens is 538 g/mol. The summed E-state index contributed by atoms with van der Waals surface area (Å²) in [6.45, 7) is 8.49. The van der Waals surface area contributed by atoms with Gasteiger partial charge >= 0.3 is 0 Å². The van der Waals surface area contributed by atoms with Crippen molar-refractivity contribution in [1.82, 2.24) is 4.90 Å². The van der Waals surface area contributed by atoms with E-state index >= 15 is 0 Å². The van der Waals surface area contributed by atoms with Gasteiger partial charge in [-0.15, -0.1) is 0 Å². The number of rotatable bonds is 3. The number of ether oxygens (including phenoxy) is 2. The zero-order chi connectivity index (χ0) is 29.7. The van der Waals surface area contributed by atoms with Crippen LogP contribution in [-0.2, 0) is 14.3 Å². The molecule has 3 heterocycles. The maximum absolute atomic E-state index is 13.9. The SMILES string of the molecule is C[C@H]1CC[C@@H]2N(CC3[C@@H](CC[C@H]4C5CC(=O)[C@H]6C[C@H](OC7O[C@H](CO)[C@@H](O)[C@H](O)[C@H]7O)CC[C@]6(C)[C@H]5C[C@@H]34)[C@]2(C)O)C1. The van der Waals surface area contributed by atoms with Gasteiger partial charge in [-0.25, -0.2) is 0 Å². The second kappa shape index (κ2) is 10.7. The molecule has 0 aromatic carbocycles. The quantitative estimate of drug-likeness (QED) is 0.310. The van der Waals surface area contributed by atoms with Crippen LogP contribution in [-0.4, -0.2) is 104 Å². The van der Waals surface area contributed by atoms with Crippen molar-refractivity contribution in [2.24, 2.45) is 52.8 Å². The molecule has 3 saturated heterocycles.